The number of halogens is 1. The first-order valence-electron chi connectivity index (χ1n) is 4.95. The highest BCUT2D eigenvalue weighted by molar-refractivity contribution is 9.10. The van der Waals surface area contributed by atoms with Crippen LogP contribution < -0.4 is 0 Å². The largest absolute Gasteiger partial charge is 0.388 e. The van der Waals surface area contributed by atoms with Crippen LogP contribution in [-0.4, -0.2) is 15.3 Å². The summed E-state index contributed by atoms with van der Waals surface area (Å²) in [6.07, 6.45) is 3.18. The summed E-state index contributed by atoms with van der Waals surface area (Å²) in [6, 6.07) is 9.63. The Morgan fingerprint density at radius 2 is 2.00 bits per heavy atom. The van der Waals surface area contributed by atoms with E-state index in [9.17, 15) is 5.11 Å². The Labute approximate surface area is 102 Å². The molecule has 0 bridgehead atoms. The quantitative estimate of drug-likeness (QED) is 0.939. The summed E-state index contributed by atoms with van der Waals surface area (Å²) in [5.41, 5.74) is 1.86. The first-order chi connectivity index (χ1) is 7.77. The number of aromatic nitrogens is 2. The maximum atomic E-state index is 10.0. The van der Waals surface area contributed by atoms with Gasteiger partial charge in [-0.2, -0.15) is 10.2 Å². The summed E-state index contributed by atoms with van der Waals surface area (Å²) < 4.78 is 1.01. The molecule has 1 unspecified atom stereocenters. The molecule has 0 aliphatic rings. The molecule has 1 atom stereocenters. The molecule has 0 radical (unpaired) electrons. The average molecular weight is 279 g/mol. The van der Waals surface area contributed by atoms with Crippen LogP contribution in [0.2, 0.25) is 0 Å². The SMILES string of the molecule is OC(Cc1ccccc1Br)c1ccnnc1. The Morgan fingerprint density at radius 3 is 2.69 bits per heavy atom. The molecule has 1 heterocycles. The Morgan fingerprint density at radius 1 is 1.19 bits per heavy atom. The topological polar surface area (TPSA) is 46.0 Å². The highest BCUT2D eigenvalue weighted by Crippen LogP contribution is 2.22. The third-order valence-corrected chi connectivity index (χ3v) is 3.14. The first kappa shape index (κ1) is 11.2. The van der Waals surface area contributed by atoms with Crippen LogP contribution in [0.4, 0.5) is 0 Å². The second-order valence-corrected chi connectivity index (χ2v) is 4.34. The van der Waals surface area contributed by atoms with Crippen molar-refractivity contribution in [3.8, 4) is 0 Å². The van der Waals surface area contributed by atoms with Crippen LogP contribution in [-0.2, 0) is 6.42 Å². The maximum absolute atomic E-state index is 10.0. The molecule has 0 saturated heterocycles. The van der Waals surface area contributed by atoms with Gasteiger partial charge in [-0.15, -0.1) is 0 Å². The van der Waals surface area contributed by atoms with E-state index in [1.807, 2.05) is 24.3 Å². The maximum Gasteiger partial charge on any atom is 0.0846 e. The second-order valence-electron chi connectivity index (χ2n) is 3.49. The van der Waals surface area contributed by atoms with E-state index < -0.39 is 6.10 Å². The van der Waals surface area contributed by atoms with Gasteiger partial charge >= 0.3 is 0 Å². The Hall–Kier alpha value is -1.26. The van der Waals surface area contributed by atoms with Crippen molar-refractivity contribution >= 4 is 15.9 Å². The van der Waals surface area contributed by atoms with E-state index in [0.29, 0.717) is 6.42 Å². The number of benzene rings is 1. The predicted octanol–water partition coefficient (Wildman–Crippen LogP) is 2.52. The van der Waals surface area contributed by atoms with Crippen molar-refractivity contribution in [1.29, 1.82) is 0 Å². The molecule has 1 aromatic carbocycles. The molecule has 16 heavy (non-hydrogen) atoms. The fraction of sp³-hybridized carbons (Fsp3) is 0.167. The summed E-state index contributed by atoms with van der Waals surface area (Å²) in [7, 11) is 0. The summed E-state index contributed by atoms with van der Waals surface area (Å²) in [6.45, 7) is 0. The molecule has 1 N–H and O–H groups in total. The normalized spacial score (nSPS) is 12.4. The predicted molar refractivity (Wildman–Crippen MR) is 64.8 cm³/mol. The Kier molecular flexibility index (Phi) is 3.64. The molecule has 2 aromatic rings. The molecule has 0 amide bonds. The number of hydrogen-bond acceptors (Lipinski definition) is 3. The molecule has 3 nitrogen and oxygen atoms in total. The molecule has 0 aliphatic heterocycles. The summed E-state index contributed by atoms with van der Waals surface area (Å²) in [4.78, 5) is 0. The zero-order chi connectivity index (χ0) is 11.4. The van der Waals surface area contributed by atoms with Crippen LogP contribution in [0.5, 0.6) is 0 Å². The Bertz CT molecular complexity index is 462. The molecular weight excluding hydrogens is 268 g/mol. The molecule has 0 fully saturated rings. The van der Waals surface area contributed by atoms with Crippen molar-refractivity contribution < 1.29 is 5.11 Å². The summed E-state index contributed by atoms with van der Waals surface area (Å²) in [5, 5.41) is 17.4. The van der Waals surface area contributed by atoms with Crippen LogP contribution in [0.3, 0.4) is 0 Å². The van der Waals surface area contributed by atoms with Crippen molar-refractivity contribution in [2.45, 2.75) is 12.5 Å². The van der Waals surface area contributed by atoms with Gasteiger partial charge in [-0.3, -0.25) is 0 Å². The van der Waals surface area contributed by atoms with Gasteiger partial charge in [0.1, 0.15) is 0 Å². The van der Waals surface area contributed by atoms with Crippen LogP contribution >= 0.6 is 15.9 Å². The van der Waals surface area contributed by atoms with E-state index >= 15 is 0 Å². The monoisotopic (exact) mass is 278 g/mol. The van der Waals surface area contributed by atoms with Crippen molar-refractivity contribution in [3.63, 3.8) is 0 Å². The van der Waals surface area contributed by atoms with E-state index in [2.05, 4.69) is 26.1 Å². The van der Waals surface area contributed by atoms with E-state index in [1.165, 1.54) is 0 Å². The summed E-state index contributed by atoms with van der Waals surface area (Å²) >= 11 is 3.46. The van der Waals surface area contributed by atoms with Crippen molar-refractivity contribution in [2.75, 3.05) is 0 Å². The molecule has 82 valence electrons. The lowest BCUT2D eigenvalue weighted by Crippen LogP contribution is -2.03. The van der Waals surface area contributed by atoms with Crippen LogP contribution in [0.1, 0.15) is 17.2 Å². The van der Waals surface area contributed by atoms with Gasteiger partial charge in [0.2, 0.25) is 0 Å². The van der Waals surface area contributed by atoms with Gasteiger partial charge in [-0.25, -0.2) is 0 Å². The third-order valence-electron chi connectivity index (χ3n) is 2.36. The minimum absolute atomic E-state index is 0.547. The fourth-order valence-electron chi connectivity index (χ4n) is 1.49. The third kappa shape index (κ3) is 2.65. The highest BCUT2D eigenvalue weighted by Gasteiger charge is 2.10. The van der Waals surface area contributed by atoms with Crippen molar-refractivity contribution in [2.24, 2.45) is 0 Å². The van der Waals surface area contributed by atoms with Crippen molar-refractivity contribution in [1.82, 2.24) is 10.2 Å². The minimum Gasteiger partial charge on any atom is -0.388 e. The molecular formula is C12H11BrN2O. The molecule has 0 saturated carbocycles. The van der Waals surface area contributed by atoms with Gasteiger partial charge in [0.15, 0.2) is 0 Å². The number of aliphatic hydroxyl groups is 1. The smallest absolute Gasteiger partial charge is 0.0846 e. The van der Waals surface area contributed by atoms with Crippen molar-refractivity contribution in [3.05, 3.63) is 58.3 Å². The average Bonchev–Trinajstić information content (AvgIpc) is 2.33. The second kappa shape index (κ2) is 5.18. The van der Waals surface area contributed by atoms with Crippen LogP contribution in [0.25, 0.3) is 0 Å². The van der Waals surface area contributed by atoms with Gasteiger partial charge in [0.05, 0.1) is 12.3 Å². The zero-order valence-corrected chi connectivity index (χ0v) is 10.1. The first-order valence-corrected chi connectivity index (χ1v) is 5.75. The van der Waals surface area contributed by atoms with E-state index in [4.69, 9.17) is 0 Å². The molecule has 2 rings (SSSR count). The van der Waals surface area contributed by atoms with Gasteiger partial charge in [0.25, 0.3) is 0 Å². The lowest BCUT2D eigenvalue weighted by Gasteiger charge is -2.11. The number of nitrogens with zero attached hydrogens (tertiary/aromatic N) is 2. The van der Waals surface area contributed by atoms with E-state index in [-0.39, 0.29) is 0 Å². The molecule has 1 aromatic heterocycles. The van der Waals surface area contributed by atoms with E-state index in [1.54, 1.807) is 18.5 Å². The fourth-order valence-corrected chi connectivity index (χ4v) is 1.93. The highest BCUT2D eigenvalue weighted by atomic mass is 79.9. The molecule has 4 heteroatoms. The standard InChI is InChI=1S/C12H11BrN2O/c13-11-4-2-1-3-9(11)7-12(16)10-5-6-14-15-8-10/h1-6,8,12,16H,7H2. The summed E-state index contributed by atoms with van der Waals surface area (Å²) in [5.74, 6) is 0. The van der Waals surface area contributed by atoms with Crippen LogP contribution in [0.15, 0.2) is 47.2 Å². The Balaban J connectivity index is 2.14. The lowest BCUT2D eigenvalue weighted by atomic mass is 10.0. The van der Waals surface area contributed by atoms with Gasteiger partial charge in [0, 0.05) is 22.7 Å². The van der Waals surface area contributed by atoms with Crippen LogP contribution in [0, 0.1) is 0 Å². The number of rotatable bonds is 3. The van der Waals surface area contributed by atoms with Gasteiger partial charge in [-0.05, 0) is 17.7 Å². The minimum atomic E-state index is -0.547. The molecule has 0 aliphatic carbocycles. The lowest BCUT2D eigenvalue weighted by molar-refractivity contribution is 0.177. The van der Waals surface area contributed by atoms with E-state index in [0.717, 1.165) is 15.6 Å². The number of aliphatic hydroxyl groups excluding tert-OH is 1. The molecule has 0 spiro atoms. The number of hydrogen-bond donors (Lipinski definition) is 1. The zero-order valence-electron chi connectivity index (χ0n) is 8.55. The van der Waals surface area contributed by atoms with Gasteiger partial charge in [-0.1, -0.05) is 34.1 Å². The van der Waals surface area contributed by atoms with Gasteiger partial charge < -0.3 is 5.11 Å².